The lowest BCUT2D eigenvalue weighted by atomic mass is 9.97. The van der Waals surface area contributed by atoms with Gasteiger partial charge in [0.05, 0.1) is 0 Å². The molecule has 122 valence electrons. The number of aliphatic hydroxyl groups excluding tert-OH is 1. The molecule has 1 aromatic rings. The van der Waals surface area contributed by atoms with Gasteiger partial charge in [-0.1, -0.05) is 6.92 Å². The normalized spacial score (nSPS) is 18.5. The Kier molecular flexibility index (Phi) is 5.40. The molecule has 0 aliphatic carbocycles. The highest BCUT2D eigenvalue weighted by molar-refractivity contribution is 6.02. The van der Waals surface area contributed by atoms with Gasteiger partial charge in [-0.15, -0.1) is 0 Å². The van der Waals surface area contributed by atoms with Crippen LogP contribution in [0.15, 0.2) is 0 Å². The molecule has 1 fully saturated rings. The average Bonchev–Trinajstić information content (AvgIpc) is 2.84. The largest absolute Gasteiger partial charge is 0.396 e. The summed E-state index contributed by atoms with van der Waals surface area (Å²) in [5.74, 6) is -0.0409. The molecule has 1 aromatic heterocycles. The Morgan fingerprint density at radius 3 is 2.68 bits per heavy atom. The summed E-state index contributed by atoms with van der Waals surface area (Å²) >= 11 is 0. The second kappa shape index (κ2) is 7.09. The molecule has 0 aromatic carbocycles. The van der Waals surface area contributed by atoms with Crippen molar-refractivity contribution in [2.24, 2.45) is 0 Å². The summed E-state index contributed by atoms with van der Waals surface area (Å²) in [6, 6.07) is 0.0975. The number of likely N-dealkylation sites (tertiary alicyclic amines) is 1. The van der Waals surface area contributed by atoms with Gasteiger partial charge in [0.1, 0.15) is 5.69 Å². The van der Waals surface area contributed by atoms with Gasteiger partial charge in [-0.05, 0) is 51.5 Å². The number of hydrogen-bond donors (Lipinski definition) is 2. The van der Waals surface area contributed by atoms with E-state index in [4.69, 9.17) is 0 Å². The predicted octanol–water partition coefficient (Wildman–Crippen LogP) is 2.47. The van der Waals surface area contributed by atoms with Crippen molar-refractivity contribution in [3.63, 3.8) is 0 Å². The van der Waals surface area contributed by atoms with Gasteiger partial charge in [0, 0.05) is 30.5 Å². The summed E-state index contributed by atoms with van der Waals surface area (Å²) in [7, 11) is 0. The standard InChI is InChI=1S/C17H26N2O3/c1-4-14-15(12(3)21)11(2)18-16(14)17(22)19-9-6-5-7-13(19)8-10-20/h13,18,20H,4-10H2,1-3H3. The zero-order valence-corrected chi connectivity index (χ0v) is 13.7. The fourth-order valence-corrected chi connectivity index (χ4v) is 3.55. The molecule has 2 rings (SSSR count). The number of carbonyl (C=O) groups is 2. The van der Waals surface area contributed by atoms with Crippen molar-refractivity contribution in [1.82, 2.24) is 9.88 Å². The first kappa shape index (κ1) is 16.7. The number of Topliss-reactive ketones (excluding diaryl/α,β-unsaturated/α-hetero) is 1. The minimum atomic E-state index is -0.0365. The highest BCUT2D eigenvalue weighted by Crippen LogP contribution is 2.26. The van der Waals surface area contributed by atoms with Crippen molar-refractivity contribution >= 4 is 11.7 Å². The third kappa shape index (κ3) is 3.09. The maximum Gasteiger partial charge on any atom is 0.270 e. The molecule has 0 saturated carbocycles. The second-order valence-electron chi connectivity index (χ2n) is 6.05. The highest BCUT2D eigenvalue weighted by Gasteiger charge is 2.30. The Labute approximate surface area is 131 Å². The maximum absolute atomic E-state index is 13.0. The fourth-order valence-electron chi connectivity index (χ4n) is 3.55. The number of carbonyl (C=O) groups excluding carboxylic acids is 2. The van der Waals surface area contributed by atoms with Gasteiger partial charge < -0.3 is 15.0 Å². The van der Waals surface area contributed by atoms with Crippen molar-refractivity contribution in [3.8, 4) is 0 Å². The van der Waals surface area contributed by atoms with Crippen molar-refractivity contribution in [2.45, 2.75) is 58.9 Å². The van der Waals surface area contributed by atoms with Gasteiger partial charge in [-0.25, -0.2) is 0 Å². The third-order valence-electron chi connectivity index (χ3n) is 4.56. The molecule has 1 atom stereocenters. The van der Waals surface area contributed by atoms with Crippen LogP contribution in [-0.4, -0.2) is 45.9 Å². The predicted molar refractivity (Wildman–Crippen MR) is 85.3 cm³/mol. The topological polar surface area (TPSA) is 73.4 Å². The van der Waals surface area contributed by atoms with Gasteiger partial charge in [0.25, 0.3) is 5.91 Å². The first-order chi connectivity index (χ1) is 10.5. The van der Waals surface area contributed by atoms with Gasteiger partial charge in [-0.3, -0.25) is 9.59 Å². The first-order valence-electron chi connectivity index (χ1n) is 8.15. The molecule has 1 amide bonds. The molecular weight excluding hydrogens is 280 g/mol. The van der Waals surface area contributed by atoms with Crippen LogP contribution in [0, 0.1) is 6.92 Å². The Bertz CT molecular complexity index is 560. The van der Waals surface area contributed by atoms with Gasteiger partial charge in [-0.2, -0.15) is 0 Å². The van der Waals surface area contributed by atoms with E-state index in [0.717, 1.165) is 37.1 Å². The highest BCUT2D eigenvalue weighted by atomic mass is 16.3. The number of aromatic amines is 1. The maximum atomic E-state index is 13.0. The molecule has 1 unspecified atom stereocenters. The van der Waals surface area contributed by atoms with Crippen LogP contribution in [-0.2, 0) is 6.42 Å². The Morgan fingerprint density at radius 1 is 1.36 bits per heavy atom. The van der Waals surface area contributed by atoms with E-state index in [1.165, 1.54) is 0 Å². The van der Waals surface area contributed by atoms with Crippen molar-refractivity contribution in [1.29, 1.82) is 0 Å². The van der Waals surface area contributed by atoms with Crippen LogP contribution >= 0.6 is 0 Å². The van der Waals surface area contributed by atoms with Crippen LogP contribution in [0.3, 0.4) is 0 Å². The molecule has 2 heterocycles. The van der Waals surface area contributed by atoms with E-state index in [0.29, 0.717) is 24.1 Å². The Hall–Kier alpha value is -1.62. The smallest absolute Gasteiger partial charge is 0.270 e. The number of aliphatic hydroxyl groups is 1. The molecule has 0 spiro atoms. The van der Waals surface area contributed by atoms with E-state index in [2.05, 4.69) is 4.98 Å². The molecule has 0 radical (unpaired) electrons. The minimum absolute atomic E-state index is 0.00444. The average molecular weight is 306 g/mol. The number of aryl methyl sites for hydroxylation is 1. The summed E-state index contributed by atoms with van der Waals surface area (Å²) in [4.78, 5) is 29.8. The Balaban J connectivity index is 2.36. The van der Waals surface area contributed by atoms with Crippen molar-refractivity contribution in [2.75, 3.05) is 13.2 Å². The van der Waals surface area contributed by atoms with E-state index in [1.807, 2.05) is 18.7 Å². The van der Waals surface area contributed by atoms with Crippen LogP contribution in [0.5, 0.6) is 0 Å². The van der Waals surface area contributed by atoms with Crippen molar-refractivity contribution < 1.29 is 14.7 Å². The lowest BCUT2D eigenvalue weighted by molar-refractivity contribution is 0.0568. The van der Waals surface area contributed by atoms with E-state index in [9.17, 15) is 14.7 Å². The van der Waals surface area contributed by atoms with Crippen LogP contribution in [0.4, 0.5) is 0 Å². The van der Waals surface area contributed by atoms with E-state index < -0.39 is 0 Å². The van der Waals surface area contributed by atoms with Crippen LogP contribution in [0.1, 0.15) is 71.6 Å². The summed E-state index contributed by atoms with van der Waals surface area (Å²) < 4.78 is 0. The van der Waals surface area contributed by atoms with E-state index >= 15 is 0 Å². The zero-order chi connectivity index (χ0) is 16.3. The molecular formula is C17H26N2O3. The number of rotatable bonds is 5. The van der Waals surface area contributed by atoms with Crippen LogP contribution in [0.2, 0.25) is 0 Å². The summed E-state index contributed by atoms with van der Waals surface area (Å²) in [6.07, 6.45) is 4.30. The summed E-state index contributed by atoms with van der Waals surface area (Å²) in [5.41, 5.74) is 2.79. The number of aromatic nitrogens is 1. The number of hydrogen-bond acceptors (Lipinski definition) is 3. The summed E-state index contributed by atoms with van der Waals surface area (Å²) in [5, 5.41) is 9.22. The first-order valence-corrected chi connectivity index (χ1v) is 8.15. The second-order valence-corrected chi connectivity index (χ2v) is 6.05. The molecule has 2 N–H and O–H groups in total. The molecule has 1 aliphatic heterocycles. The number of nitrogens with one attached hydrogen (secondary N) is 1. The van der Waals surface area contributed by atoms with Crippen molar-refractivity contribution in [3.05, 3.63) is 22.5 Å². The number of H-pyrrole nitrogens is 1. The molecule has 1 aliphatic rings. The van der Waals surface area contributed by atoms with Gasteiger partial charge in [0.2, 0.25) is 0 Å². The fraction of sp³-hybridized carbons (Fsp3) is 0.647. The zero-order valence-electron chi connectivity index (χ0n) is 13.7. The lowest BCUT2D eigenvalue weighted by Gasteiger charge is -2.35. The van der Waals surface area contributed by atoms with Gasteiger partial charge in [0.15, 0.2) is 5.78 Å². The quantitative estimate of drug-likeness (QED) is 0.821. The monoisotopic (exact) mass is 306 g/mol. The molecule has 0 bridgehead atoms. The van der Waals surface area contributed by atoms with Crippen LogP contribution < -0.4 is 0 Å². The van der Waals surface area contributed by atoms with Crippen LogP contribution in [0.25, 0.3) is 0 Å². The van der Waals surface area contributed by atoms with E-state index in [-0.39, 0.29) is 24.3 Å². The number of piperidine rings is 1. The van der Waals surface area contributed by atoms with E-state index in [1.54, 1.807) is 6.92 Å². The minimum Gasteiger partial charge on any atom is -0.396 e. The molecule has 5 heteroatoms. The molecule has 1 saturated heterocycles. The third-order valence-corrected chi connectivity index (χ3v) is 4.56. The number of ketones is 1. The van der Waals surface area contributed by atoms with Gasteiger partial charge >= 0.3 is 0 Å². The lowest BCUT2D eigenvalue weighted by Crippen LogP contribution is -2.44. The molecule has 5 nitrogen and oxygen atoms in total. The Morgan fingerprint density at radius 2 is 2.09 bits per heavy atom. The summed E-state index contributed by atoms with van der Waals surface area (Å²) in [6.45, 7) is 6.16. The SMILES string of the molecule is CCc1c(C(=O)N2CCCCC2CCO)[nH]c(C)c1C(C)=O. The molecule has 22 heavy (non-hydrogen) atoms. The number of nitrogens with zero attached hydrogens (tertiary/aromatic N) is 1. The number of amides is 1.